The van der Waals surface area contributed by atoms with E-state index in [1.165, 1.54) is 57.8 Å². The van der Waals surface area contributed by atoms with Crippen molar-refractivity contribution in [2.24, 2.45) is 46.3 Å². The lowest BCUT2D eigenvalue weighted by atomic mass is 9.49. The molecule has 13 atom stereocenters. The Morgan fingerprint density at radius 2 is 1.42 bits per heavy atom. The Morgan fingerprint density at radius 1 is 0.814 bits per heavy atom. The Morgan fingerprint density at radius 3 is 2.07 bits per heavy atom. The summed E-state index contributed by atoms with van der Waals surface area (Å²) in [6, 6.07) is 0. The van der Waals surface area contributed by atoms with Gasteiger partial charge in [0, 0.05) is 18.3 Å². The highest BCUT2D eigenvalue weighted by Crippen LogP contribution is 2.66. The van der Waals surface area contributed by atoms with Crippen LogP contribution in [0.1, 0.15) is 150 Å². The zero-order valence-corrected chi connectivity index (χ0v) is 28.2. The number of carbonyl (C=O) groups is 1. The van der Waals surface area contributed by atoms with Gasteiger partial charge in [0.2, 0.25) is 0 Å². The summed E-state index contributed by atoms with van der Waals surface area (Å²) in [4.78, 5) is 13.1. The van der Waals surface area contributed by atoms with Crippen LogP contribution in [0.25, 0.3) is 0 Å². The molecule has 0 aromatic rings. The first kappa shape index (κ1) is 35.2. The molecule has 250 valence electrons. The second-order valence-corrected chi connectivity index (χ2v) is 16.2. The molecule has 0 radical (unpaired) electrons. The van der Waals surface area contributed by atoms with Crippen LogP contribution < -0.4 is 0 Å². The molecule has 6 nitrogen and oxygen atoms in total. The summed E-state index contributed by atoms with van der Waals surface area (Å²) in [5.41, 5.74) is -0.329. The van der Waals surface area contributed by atoms with E-state index in [4.69, 9.17) is 4.74 Å². The van der Waals surface area contributed by atoms with Crippen LogP contribution in [-0.4, -0.2) is 56.9 Å². The summed E-state index contributed by atoms with van der Waals surface area (Å²) in [6.45, 7) is 11.1. The number of rotatable bonds is 15. The van der Waals surface area contributed by atoms with Crippen molar-refractivity contribution in [3.63, 3.8) is 0 Å². The van der Waals surface area contributed by atoms with Crippen LogP contribution >= 0.6 is 0 Å². The van der Waals surface area contributed by atoms with E-state index in [0.717, 1.165) is 38.5 Å². The normalized spacial score (nSPS) is 40.4. The Kier molecular flexibility index (Phi) is 12.5. The van der Waals surface area contributed by atoms with Crippen molar-refractivity contribution >= 4 is 5.97 Å². The highest BCUT2D eigenvalue weighted by Gasteiger charge is 2.62. The number of esters is 1. The fourth-order valence-corrected chi connectivity index (χ4v) is 10.6. The molecule has 1 saturated heterocycles. The van der Waals surface area contributed by atoms with Gasteiger partial charge in [-0.25, -0.2) is 0 Å². The van der Waals surface area contributed by atoms with Crippen molar-refractivity contribution in [3.8, 4) is 0 Å². The van der Waals surface area contributed by atoms with Crippen LogP contribution in [-0.2, 0) is 9.53 Å². The predicted molar refractivity (Wildman–Crippen MR) is 171 cm³/mol. The number of fused-ring (bicyclic) bond motifs is 5. The van der Waals surface area contributed by atoms with E-state index in [1.54, 1.807) is 0 Å². The predicted octanol–water partition coefficient (Wildman–Crippen LogP) is 7.19. The first-order valence-corrected chi connectivity index (χ1v) is 18.4. The molecular formula is C37H66O6. The number of hydrogen-bond donors (Lipinski definition) is 4. The molecule has 0 bridgehead atoms. The highest BCUT2D eigenvalue weighted by atomic mass is 16.5. The SMILES string of the molecule is CCCCCCCCCCCC[C@H](C)[C@@H](O)[C@H](O)[C@@H](C)[C@H]1CC[C@H]2[C@@H]3CC(=O)O[C@H]4C[C@H](O)[C@H](O)C[C@]4(C)[C@H]3CC[C@]12C. The Balaban J connectivity index is 1.30. The Bertz CT molecular complexity index is 879. The first-order chi connectivity index (χ1) is 20.4. The van der Waals surface area contributed by atoms with Crippen LogP contribution in [0.5, 0.6) is 0 Å². The minimum absolute atomic E-state index is 0.00430. The van der Waals surface area contributed by atoms with Crippen molar-refractivity contribution in [3.05, 3.63) is 0 Å². The molecule has 3 saturated carbocycles. The second-order valence-electron chi connectivity index (χ2n) is 16.2. The summed E-state index contributed by atoms with van der Waals surface area (Å²) >= 11 is 0. The van der Waals surface area contributed by atoms with Gasteiger partial charge in [-0.2, -0.15) is 0 Å². The van der Waals surface area contributed by atoms with Crippen LogP contribution in [0, 0.1) is 46.3 Å². The maximum atomic E-state index is 13.1. The van der Waals surface area contributed by atoms with Crippen LogP contribution in [0.15, 0.2) is 0 Å². The molecular weight excluding hydrogens is 540 g/mol. The van der Waals surface area contributed by atoms with Gasteiger partial charge in [-0.3, -0.25) is 4.79 Å². The molecule has 4 N–H and O–H groups in total. The average Bonchev–Trinajstić information content (AvgIpc) is 3.28. The van der Waals surface area contributed by atoms with Crippen LogP contribution in [0.2, 0.25) is 0 Å². The number of ether oxygens (including phenoxy) is 1. The molecule has 1 heterocycles. The van der Waals surface area contributed by atoms with Gasteiger partial charge < -0.3 is 25.2 Å². The van der Waals surface area contributed by atoms with Gasteiger partial charge in [-0.1, -0.05) is 98.8 Å². The number of aliphatic hydroxyl groups excluding tert-OH is 4. The van der Waals surface area contributed by atoms with E-state index in [2.05, 4.69) is 34.6 Å². The summed E-state index contributed by atoms with van der Waals surface area (Å²) in [5.74, 6) is 1.03. The smallest absolute Gasteiger partial charge is 0.306 e. The summed E-state index contributed by atoms with van der Waals surface area (Å²) in [6.07, 6.45) is 15.8. The molecule has 0 aromatic heterocycles. The third-order valence-electron chi connectivity index (χ3n) is 13.4. The lowest BCUT2D eigenvalue weighted by molar-refractivity contribution is -0.175. The summed E-state index contributed by atoms with van der Waals surface area (Å²) in [7, 11) is 0. The fraction of sp³-hybridized carbons (Fsp3) is 0.973. The van der Waals surface area contributed by atoms with Crippen LogP contribution in [0.3, 0.4) is 0 Å². The molecule has 1 aliphatic heterocycles. The van der Waals surface area contributed by atoms with Crippen molar-refractivity contribution in [2.75, 3.05) is 0 Å². The third-order valence-corrected chi connectivity index (χ3v) is 13.4. The summed E-state index contributed by atoms with van der Waals surface area (Å²) < 4.78 is 5.97. The third kappa shape index (κ3) is 7.66. The van der Waals surface area contributed by atoms with Crippen molar-refractivity contribution in [1.82, 2.24) is 0 Å². The lowest BCUT2D eigenvalue weighted by Gasteiger charge is -2.56. The summed E-state index contributed by atoms with van der Waals surface area (Å²) in [5, 5.41) is 43.7. The van der Waals surface area contributed by atoms with Gasteiger partial charge in [-0.05, 0) is 79.4 Å². The number of carbonyl (C=O) groups excluding carboxylic acids is 1. The van der Waals surface area contributed by atoms with Gasteiger partial charge in [0.15, 0.2) is 0 Å². The fourth-order valence-electron chi connectivity index (χ4n) is 10.6. The lowest BCUT2D eigenvalue weighted by Crippen LogP contribution is -2.55. The van der Waals surface area contributed by atoms with Crippen LogP contribution in [0.4, 0.5) is 0 Å². The standard InChI is InChI=1S/C37H66O6/c1-6-7-8-9-10-11-12-13-14-15-16-24(2)34(41)35(42)25(3)27-17-18-28-26-21-33(40)43-32-22-30(38)31(39)23-37(32,5)29(26)19-20-36(27,28)4/h24-32,34-35,38-39,41-42H,6-23H2,1-5H3/t24-,25-,26-,27+,28-,29-,30-,31+,32-,34+,35+,36+,37+/m0/s1. The second kappa shape index (κ2) is 15.3. The molecule has 0 amide bonds. The van der Waals surface area contributed by atoms with E-state index in [9.17, 15) is 25.2 Å². The molecule has 4 aliphatic rings. The number of hydrogen-bond acceptors (Lipinski definition) is 6. The largest absolute Gasteiger partial charge is 0.462 e. The number of unbranched alkanes of at least 4 members (excludes halogenated alkanes) is 9. The highest BCUT2D eigenvalue weighted by molar-refractivity contribution is 5.70. The molecule has 4 fully saturated rings. The Labute approximate surface area is 262 Å². The number of aliphatic hydroxyl groups is 4. The van der Waals surface area contributed by atoms with E-state index >= 15 is 0 Å². The maximum absolute atomic E-state index is 13.1. The van der Waals surface area contributed by atoms with Crippen molar-refractivity contribution in [2.45, 2.75) is 181 Å². The molecule has 3 aliphatic carbocycles. The molecule has 0 unspecified atom stereocenters. The zero-order valence-electron chi connectivity index (χ0n) is 28.2. The topological polar surface area (TPSA) is 107 Å². The van der Waals surface area contributed by atoms with Gasteiger partial charge in [0.05, 0.1) is 24.4 Å². The molecule has 43 heavy (non-hydrogen) atoms. The van der Waals surface area contributed by atoms with Gasteiger partial charge >= 0.3 is 5.97 Å². The van der Waals surface area contributed by atoms with Gasteiger partial charge in [0.25, 0.3) is 0 Å². The van der Waals surface area contributed by atoms with Gasteiger partial charge in [-0.15, -0.1) is 0 Å². The monoisotopic (exact) mass is 606 g/mol. The quantitative estimate of drug-likeness (QED) is 0.116. The minimum atomic E-state index is -0.839. The molecule has 4 rings (SSSR count). The van der Waals surface area contributed by atoms with E-state index in [1.807, 2.05) is 0 Å². The Hall–Kier alpha value is -0.690. The van der Waals surface area contributed by atoms with Gasteiger partial charge in [0.1, 0.15) is 6.10 Å². The van der Waals surface area contributed by atoms with Crippen molar-refractivity contribution < 1.29 is 30.0 Å². The molecule has 0 spiro atoms. The van der Waals surface area contributed by atoms with E-state index in [0.29, 0.717) is 31.1 Å². The van der Waals surface area contributed by atoms with E-state index < -0.39 is 24.4 Å². The van der Waals surface area contributed by atoms with Crippen molar-refractivity contribution in [1.29, 1.82) is 0 Å². The molecule has 0 aromatic carbocycles. The minimum Gasteiger partial charge on any atom is -0.462 e. The maximum Gasteiger partial charge on any atom is 0.306 e. The first-order valence-electron chi connectivity index (χ1n) is 18.4. The van der Waals surface area contributed by atoms with E-state index in [-0.39, 0.29) is 46.6 Å². The zero-order chi connectivity index (χ0) is 31.4. The average molecular weight is 607 g/mol. The molecule has 6 heteroatoms.